The van der Waals surface area contributed by atoms with Gasteiger partial charge in [-0.05, 0) is 0 Å². The second-order valence-corrected chi connectivity index (χ2v) is 3.21. The van der Waals surface area contributed by atoms with Crippen molar-refractivity contribution in [3.8, 4) is 11.8 Å². The van der Waals surface area contributed by atoms with Crippen molar-refractivity contribution in [3.63, 3.8) is 0 Å². The molecule has 2 bridgehead atoms. The minimum Gasteiger partial charge on any atom is -0.493 e. The van der Waals surface area contributed by atoms with Gasteiger partial charge in [0, 0.05) is 0 Å². The molecule has 1 aromatic heterocycles. The third-order valence-electron chi connectivity index (χ3n) is 2.55. The molecule has 2 unspecified atom stereocenters. The number of nitrogens with two attached hydrogens (primary N) is 1. The first-order chi connectivity index (χ1) is 6.20. The summed E-state index contributed by atoms with van der Waals surface area (Å²) in [5, 5.41) is 19.1. The molecule has 0 spiro atoms. The highest BCUT2D eigenvalue weighted by molar-refractivity contribution is 5.55. The number of fused-ring (bicyclic) bond motifs is 5. The summed E-state index contributed by atoms with van der Waals surface area (Å²) in [6, 6.07) is 0. The number of nitrogens with zero attached hydrogens (tertiary/aromatic N) is 1. The van der Waals surface area contributed by atoms with Gasteiger partial charge in [0.1, 0.15) is 12.2 Å². The van der Waals surface area contributed by atoms with Crippen LogP contribution in [0.1, 0.15) is 23.3 Å². The minimum atomic E-state index is -0.254. The normalized spacial score (nSPS) is 28.3. The number of hydrogen-bond acceptors (Lipinski definition) is 4. The predicted molar refractivity (Wildman–Crippen MR) is 43.6 cm³/mol. The molecule has 1 aromatic rings. The molecule has 3 rings (SSSR count). The molecule has 0 aliphatic carbocycles. The molecule has 0 fully saturated rings. The minimum absolute atomic E-state index is 0.121. The molecule has 0 aromatic carbocycles. The van der Waals surface area contributed by atoms with Gasteiger partial charge in [-0.25, -0.2) is 0 Å². The zero-order valence-corrected chi connectivity index (χ0v) is 6.64. The maximum absolute atomic E-state index is 9.53. The summed E-state index contributed by atoms with van der Waals surface area (Å²) >= 11 is 0. The summed E-state index contributed by atoms with van der Waals surface area (Å²) in [6.07, 6.45) is 3.17. The smallest absolute Gasteiger partial charge is 0.219 e. The molecule has 0 saturated heterocycles. The van der Waals surface area contributed by atoms with Gasteiger partial charge >= 0.3 is 0 Å². The Morgan fingerprint density at radius 3 is 2.08 bits per heavy atom. The average Bonchev–Trinajstić information content (AvgIpc) is 2.76. The zero-order valence-electron chi connectivity index (χ0n) is 6.64. The first-order valence-electron chi connectivity index (χ1n) is 3.95. The number of aromatic nitrogens is 1. The largest absolute Gasteiger partial charge is 0.493 e. The van der Waals surface area contributed by atoms with Crippen molar-refractivity contribution in [2.75, 3.05) is 5.84 Å². The molecule has 0 saturated carbocycles. The van der Waals surface area contributed by atoms with Gasteiger partial charge in [-0.15, -0.1) is 0 Å². The lowest BCUT2D eigenvalue weighted by Gasteiger charge is -2.04. The van der Waals surface area contributed by atoms with Crippen LogP contribution in [0.25, 0.3) is 0 Å². The maximum Gasteiger partial charge on any atom is 0.219 e. The molecule has 4 N–H and O–H groups in total. The summed E-state index contributed by atoms with van der Waals surface area (Å²) < 4.78 is 6.27. The fraction of sp³-hybridized carbons (Fsp3) is 0.250. The van der Waals surface area contributed by atoms with Crippen molar-refractivity contribution in [3.05, 3.63) is 23.3 Å². The summed E-state index contributed by atoms with van der Waals surface area (Å²) in [6.45, 7) is 0. The zero-order chi connectivity index (χ0) is 9.16. The Morgan fingerprint density at radius 1 is 1.15 bits per heavy atom. The number of hydrogen-bond donors (Lipinski definition) is 3. The third-order valence-corrected chi connectivity index (χ3v) is 2.55. The molecule has 5 heteroatoms. The Hall–Kier alpha value is -1.62. The van der Waals surface area contributed by atoms with Crippen molar-refractivity contribution in [2.45, 2.75) is 12.2 Å². The summed E-state index contributed by atoms with van der Waals surface area (Å²) in [5.74, 6) is 5.16. The van der Waals surface area contributed by atoms with Crippen LogP contribution in [-0.2, 0) is 4.74 Å². The van der Waals surface area contributed by atoms with Crippen molar-refractivity contribution in [1.29, 1.82) is 0 Å². The van der Waals surface area contributed by atoms with E-state index in [1.54, 1.807) is 0 Å². The highest BCUT2D eigenvalue weighted by atomic mass is 16.5. The topological polar surface area (TPSA) is 80.6 Å². The van der Waals surface area contributed by atoms with E-state index in [0.29, 0.717) is 11.1 Å². The Morgan fingerprint density at radius 2 is 1.62 bits per heavy atom. The van der Waals surface area contributed by atoms with Gasteiger partial charge in [-0.1, -0.05) is 12.2 Å². The van der Waals surface area contributed by atoms with Crippen LogP contribution in [0, 0.1) is 0 Å². The third kappa shape index (κ3) is 0.582. The highest BCUT2D eigenvalue weighted by Crippen LogP contribution is 2.53. The Labute approximate surface area is 73.6 Å². The van der Waals surface area contributed by atoms with Crippen LogP contribution in [0.15, 0.2) is 12.2 Å². The summed E-state index contributed by atoms with van der Waals surface area (Å²) in [7, 11) is 0. The molecule has 2 atom stereocenters. The monoisotopic (exact) mass is 180 g/mol. The molecule has 5 nitrogen and oxygen atoms in total. The quantitative estimate of drug-likeness (QED) is 0.396. The summed E-state index contributed by atoms with van der Waals surface area (Å²) in [4.78, 5) is 0. The Balaban J connectivity index is 2.34. The molecule has 0 radical (unpaired) electrons. The number of ether oxygens (including phenoxy) is 1. The molecular weight excluding hydrogens is 172 g/mol. The Kier molecular flexibility index (Phi) is 0.961. The van der Waals surface area contributed by atoms with Crippen LogP contribution < -0.4 is 5.84 Å². The number of aromatic hydroxyl groups is 2. The van der Waals surface area contributed by atoms with Gasteiger partial charge in [-0.3, -0.25) is 0 Å². The molecule has 3 heterocycles. The molecule has 0 amide bonds. The fourth-order valence-corrected chi connectivity index (χ4v) is 1.94. The average molecular weight is 180 g/mol. The van der Waals surface area contributed by atoms with Gasteiger partial charge in [0.2, 0.25) is 11.8 Å². The van der Waals surface area contributed by atoms with Crippen LogP contribution >= 0.6 is 0 Å². The van der Waals surface area contributed by atoms with Crippen molar-refractivity contribution < 1.29 is 14.9 Å². The van der Waals surface area contributed by atoms with Gasteiger partial charge in [0.05, 0.1) is 11.1 Å². The molecule has 2 aliphatic heterocycles. The number of rotatable bonds is 0. The predicted octanol–water partition coefficient (Wildman–Crippen LogP) is 0.295. The van der Waals surface area contributed by atoms with E-state index in [2.05, 4.69) is 0 Å². The van der Waals surface area contributed by atoms with Crippen molar-refractivity contribution in [1.82, 2.24) is 4.68 Å². The van der Waals surface area contributed by atoms with Gasteiger partial charge in [0.25, 0.3) is 0 Å². The van der Waals surface area contributed by atoms with E-state index in [-0.39, 0.29) is 24.0 Å². The van der Waals surface area contributed by atoms with Crippen molar-refractivity contribution in [2.24, 2.45) is 0 Å². The lowest BCUT2D eigenvalue weighted by atomic mass is 10.0. The Bertz CT molecular complexity index is 386. The van der Waals surface area contributed by atoms with E-state index in [0.717, 1.165) is 4.68 Å². The fourth-order valence-electron chi connectivity index (χ4n) is 1.94. The maximum atomic E-state index is 9.53. The lowest BCUT2D eigenvalue weighted by molar-refractivity contribution is 0.0841. The van der Waals surface area contributed by atoms with Crippen LogP contribution in [0.3, 0.4) is 0 Å². The first kappa shape index (κ1) is 6.85. The van der Waals surface area contributed by atoms with E-state index in [4.69, 9.17) is 10.6 Å². The molecule has 13 heavy (non-hydrogen) atoms. The van der Waals surface area contributed by atoms with Crippen LogP contribution in [-0.4, -0.2) is 14.9 Å². The first-order valence-corrected chi connectivity index (χ1v) is 3.95. The standard InChI is InChI=1S/C8H8N2O3/c9-10-7(11)5-3-1-2-4(13-3)6(5)8(10)12/h1-4,11-12H,9H2. The SMILES string of the molecule is Nn1c(O)c2c(c1O)C1C=CC2O1. The van der Waals surface area contributed by atoms with Crippen molar-refractivity contribution >= 4 is 0 Å². The van der Waals surface area contributed by atoms with Gasteiger partial charge < -0.3 is 20.8 Å². The highest BCUT2D eigenvalue weighted by Gasteiger charge is 2.41. The van der Waals surface area contributed by atoms with E-state index < -0.39 is 0 Å². The van der Waals surface area contributed by atoms with Crippen LogP contribution in [0.2, 0.25) is 0 Å². The van der Waals surface area contributed by atoms with E-state index in [1.807, 2.05) is 12.2 Å². The van der Waals surface area contributed by atoms with E-state index >= 15 is 0 Å². The molecular formula is C8H8N2O3. The van der Waals surface area contributed by atoms with Crippen LogP contribution in [0.5, 0.6) is 11.8 Å². The lowest BCUT2D eigenvalue weighted by Crippen LogP contribution is -2.07. The second-order valence-electron chi connectivity index (χ2n) is 3.21. The second kappa shape index (κ2) is 1.82. The van der Waals surface area contributed by atoms with Gasteiger partial charge in [-0.2, -0.15) is 4.68 Å². The van der Waals surface area contributed by atoms with Crippen LogP contribution in [0.4, 0.5) is 0 Å². The number of nitrogen functional groups attached to an aromatic ring is 1. The van der Waals surface area contributed by atoms with E-state index in [9.17, 15) is 10.2 Å². The van der Waals surface area contributed by atoms with E-state index in [1.165, 1.54) is 0 Å². The molecule has 68 valence electrons. The van der Waals surface area contributed by atoms with Gasteiger partial charge in [0.15, 0.2) is 0 Å². The summed E-state index contributed by atoms with van der Waals surface area (Å²) in [5.41, 5.74) is 1.18. The molecule has 2 aliphatic rings.